The van der Waals surface area contributed by atoms with E-state index in [2.05, 4.69) is 0 Å². The lowest BCUT2D eigenvalue weighted by molar-refractivity contribution is -0.184. The summed E-state index contributed by atoms with van der Waals surface area (Å²) < 4.78 is 0. The zero-order valence-electron chi connectivity index (χ0n) is 10.7. The molecule has 2 saturated heterocycles. The Morgan fingerprint density at radius 1 is 0.900 bits per heavy atom. The molecule has 3 aliphatic rings. The predicted octanol–water partition coefficient (Wildman–Crippen LogP) is -0.357. The van der Waals surface area contributed by atoms with Gasteiger partial charge < -0.3 is 0 Å². The van der Waals surface area contributed by atoms with Crippen LogP contribution in [0.3, 0.4) is 0 Å². The SMILES string of the molecule is CN1C(=O)C2(C1=O)C(=O)N(c1ccc3c(c1)CC3)C2=O. The van der Waals surface area contributed by atoms with Gasteiger partial charge in [0.1, 0.15) is 0 Å². The van der Waals surface area contributed by atoms with Crippen LogP contribution in [0.25, 0.3) is 0 Å². The summed E-state index contributed by atoms with van der Waals surface area (Å²) in [6, 6.07) is 5.33. The van der Waals surface area contributed by atoms with Gasteiger partial charge >= 0.3 is 0 Å². The zero-order chi connectivity index (χ0) is 14.2. The van der Waals surface area contributed by atoms with Crippen molar-refractivity contribution in [2.75, 3.05) is 11.9 Å². The van der Waals surface area contributed by atoms with Crippen molar-refractivity contribution in [3.8, 4) is 0 Å². The van der Waals surface area contributed by atoms with E-state index in [1.807, 2.05) is 6.07 Å². The second-order valence-corrected chi connectivity index (χ2v) is 5.32. The monoisotopic (exact) mass is 270 g/mol. The third-order valence-electron chi connectivity index (χ3n) is 4.41. The molecular formula is C14H10N2O4. The molecule has 1 aromatic carbocycles. The highest BCUT2D eigenvalue weighted by Gasteiger charge is 2.79. The van der Waals surface area contributed by atoms with Crippen molar-refractivity contribution >= 4 is 29.3 Å². The Hall–Kier alpha value is -2.50. The summed E-state index contributed by atoms with van der Waals surface area (Å²) in [5.74, 6) is -2.90. The van der Waals surface area contributed by atoms with Crippen LogP contribution in [0.1, 0.15) is 11.1 Å². The maximum atomic E-state index is 12.2. The van der Waals surface area contributed by atoms with Crippen molar-refractivity contribution in [3.63, 3.8) is 0 Å². The maximum absolute atomic E-state index is 12.2. The zero-order valence-corrected chi connectivity index (χ0v) is 10.7. The van der Waals surface area contributed by atoms with Gasteiger partial charge in [-0.1, -0.05) is 6.07 Å². The number of anilines is 1. The number of amides is 4. The lowest BCUT2D eigenvalue weighted by Gasteiger charge is -2.51. The van der Waals surface area contributed by atoms with Crippen LogP contribution in [0.4, 0.5) is 5.69 Å². The van der Waals surface area contributed by atoms with Crippen LogP contribution in [-0.2, 0) is 32.0 Å². The number of β-lactam (4-membered cyclic amide) rings is 4. The Labute approximate surface area is 113 Å². The van der Waals surface area contributed by atoms with E-state index in [1.54, 1.807) is 12.1 Å². The van der Waals surface area contributed by atoms with Crippen LogP contribution < -0.4 is 4.90 Å². The third-order valence-corrected chi connectivity index (χ3v) is 4.41. The first-order valence-electron chi connectivity index (χ1n) is 6.33. The Kier molecular flexibility index (Phi) is 1.78. The van der Waals surface area contributed by atoms with Gasteiger partial charge in [-0.25, -0.2) is 4.90 Å². The van der Waals surface area contributed by atoms with E-state index in [4.69, 9.17) is 0 Å². The van der Waals surface area contributed by atoms with Gasteiger partial charge in [0.2, 0.25) is 0 Å². The van der Waals surface area contributed by atoms with Gasteiger partial charge in [-0.15, -0.1) is 0 Å². The number of aryl methyl sites for hydroxylation is 2. The average molecular weight is 270 g/mol. The molecule has 6 nitrogen and oxygen atoms in total. The minimum Gasteiger partial charge on any atom is -0.282 e. The number of imide groups is 2. The van der Waals surface area contributed by atoms with Gasteiger partial charge in [0.25, 0.3) is 29.0 Å². The van der Waals surface area contributed by atoms with E-state index in [0.717, 1.165) is 28.2 Å². The number of fused-ring (bicyclic) bond motifs is 1. The minimum atomic E-state index is -2.07. The van der Waals surface area contributed by atoms with Crippen LogP contribution in [0.15, 0.2) is 18.2 Å². The summed E-state index contributed by atoms with van der Waals surface area (Å²) in [7, 11) is 1.27. The lowest BCUT2D eigenvalue weighted by Crippen LogP contribution is -2.83. The predicted molar refractivity (Wildman–Crippen MR) is 66.6 cm³/mol. The smallest absolute Gasteiger partial charge is 0.282 e. The van der Waals surface area contributed by atoms with Crippen LogP contribution >= 0.6 is 0 Å². The van der Waals surface area contributed by atoms with E-state index < -0.39 is 29.0 Å². The number of carbonyl (C=O) groups is 4. The maximum Gasteiger partial charge on any atom is 0.285 e. The number of likely N-dealkylation sites (tertiary alicyclic amines) is 1. The summed E-state index contributed by atoms with van der Waals surface area (Å²) >= 11 is 0. The highest BCUT2D eigenvalue weighted by molar-refractivity contribution is 6.59. The van der Waals surface area contributed by atoms with Crippen molar-refractivity contribution < 1.29 is 19.2 Å². The molecule has 1 spiro atoms. The molecule has 20 heavy (non-hydrogen) atoms. The molecule has 2 aliphatic heterocycles. The molecule has 0 bridgehead atoms. The van der Waals surface area contributed by atoms with Gasteiger partial charge in [-0.3, -0.25) is 24.1 Å². The number of benzene rings is 1. The number of hydrogen-bond acceptors (Lipinski definition) is 4. The Morgan fingerprint density at radius 2 is 1.50 bits per heavy atom. The standard InChI is InChI=1S/C14H10N2O4/c1-15-10(17)14(11(15)18)12(19)16(13(14)20)9-5-4-7-2-3-8(7)6-9/h4-6H,2-3H2,1H3. The third kappa shape index (κ3) is 0.921. The summed E-state index contributed by atoms with van der Waals surface area (Å²) in [4.78, 5) is 49.6. The molecule has 0 unspecified atom stereocenters. The minimum absolute atomic E-state index is 0.444. The molecule has 0 atom stereocenters. The van der Waals surface area contributed by atoms with E-state index in [0.29, 0.717) is 5.69 Å². The second kappa shape index (κ2) is 3.15. The number of rotatable bonds is 1. The molecule has 0 N–H and O–H groups in total. The second-order valence-electron chi connectivity index (χ2n) is 5.32. The van der Waals surface area contributed by atoms with E-state index in [1.165, 1.54) is 12.6 Å². The summed E-state index contributed by atoms with van der Waals surface area (Å²) in [6.45, 7) is 0. The van der Waals surface area contributed by atoms with Crippen molar-refractivity contribution in [2.24, 2.45) is 5.41 Å². The molecule has 1 aliphatic carbocycles. The first-order valence-corrected chi connectivity index (χ1v) is 6.33. The molecule has 4 rings (SSSR count). The molecule has 2 fully saturated rings. The van der Waals surface area contributed by atoms with Crippen molar-refractivity contribution in [1.82, 2.24) is 4.90 Å². The van der Waals surface area contributed by atoms with E-state index in [-0.39, 0.29) is 0 Å². The number of hydrogen-bond donors (Lipinski definition) is 0. The average Bonchev–Trinajstić information content (AvgIpc) is 2.42. The van der Waals surface area contributed by atoms with Crippen LogP contribution in [-0.4, -0.2) is 35.6 Å². The summed E-state index contributed by atoms with van der Waals surface area (Å²) in [6.07, 6.45) is 1.92. The van der Waals surface area contributed by atoms with Crippen LogP contribution in [0.5, 0.6) is 0 Å². The first-order chi connectivity index (χ1) is 9.49. The van der Waals surface area contributed by atoms with Crippen molar-refractivity contribution in [3.05, 3.63) is 29.3 Å². The molecule has 2 heterocycles. The van der Waals surface area contributed by atoms with Crippen LogP contribution in [0, 0.1) is 5.41 Å². The summed E-state index contributed by atoms with van der Waals surface area (Å²) in [5, 5.41) is 0. The van der Waals surface area contributed by atoms with E-state index in [9.17, 15) is 19.2 Å². The quantitative estimate of drug-likeness (QED) is 0.516. The van der Waals surface area contributed by atoms with E-state index >= 15 is 0 Å². The molecule has 6 heteroatoms. The Morgan fingerprint density at radius 3 is 2.00 bits per heavy atom. The van der Waals surface area contributed by atoms with Gasteiger partial charge in [0, 0.05) is 7.05 Å². The van der Waals surface area contributed by atoms with Gasteiger partial charge in [0.15, 0.2) is 0 Å². The van der Waals surface area contributed by atoms with Crippen LogP contribution in [0.2, 0.25) is 0 Å². The number of nitrogens with zero attached hydrogens (tertiary/aromatic N) is 2. The Balaban J connectivity index is 1.72. The molecular weight excluding hydrogens is 260 g/mol. The molecule has 100 valence electrons. The normalized spacial score (nSPS) is 22.4. The van der Waals surface area contributed by atoms with Gasteiger partial charge in [0.05, 0.1) is 5.69 Å². The molecule has 4 amide bonds. The molecule has 1 aromatic rings. The number of carbonyl (C=O) groups excluding carboxylic acids is 4. The molecule has 0 radical (unpaired) electrons. The topological polar surface area (TPSA) is 74.8 Å². The van der Waals surface area contributed by atoms with Gasteiger partial charge in [-0.2, -0.15) is 0 Å². The van der Waals surface area contributed by atoms with Crippen molar-refractivity contribution in [1.29, 1.82) is 0 Å². The lowest BCUT2D eigenvalue weighted by atomic mass is 9.69. The highest BCUT2D eigenvalue weighted by Crippen LogP contribution is 2.46. The molecule has 0 saturated carbocycles. The fourth-order valence-corrected chi connectivity index (χ4v) is 3.02. The van der Waals surface area contributed by atoms with Gasteiger partial charge in [-0.05, 0) is 36.1 Å². The first kappa shape index (κ1) is 11.3. The molecule has 0 aromatic heterocycles. The largest absolute Gasteiger partial charge is 0.285 e. The fourth-order valence-electron chi connectivity index (χ4n) is 3.02. The summed E-state index contributed by atoms with van der Waals surface area (Å²) in [5.41, 5.74) is 0.684. The highest BCUT2D eigenvalue weighted by atomic mass is 16.2. The fraction of sp³-hybridized carbons (Fsp3) is 0.286. The van der Waals surface area contributed by atoms with Crippen molar-refractivity contribution in [2.45, 2.75) is 12.8 Å². The Bertz CT molecular complexity index is 703.